The number of piperidine rings is 2. The number of phenolic OH excluding ortho intramolecular Hbond substituents is 2. The number of nitrogens with zero attached hydrogens (tertiary/aromatic N) is 8. The summed E-state index contributed by atoms with van der Waals surface area (Å²) in [4.78, 5) is 56.3. The van der Waals surface area contributed by atoms with E-state index in [4.69, 9.17) is 13.9 Å². The van der Waals surface area contributed by atoms with Crippen LogP contribution in [0.5, 0.6) is 11.5 Å². The lowest BCUT2D eigenvalue weighted by Crippen LogP contribution is -2.52. The lowest BCUT2D eigenvalue weighted by atomic mass is 9.61. The summed E-state index contributed by atoms with van der Waals surface area (Å²) in [5, 5.41) is 73.5. The van der Waals surface area contributed by atoms with Gasteiger partial charge in [-0.25, -0.2) is 19.0 Å². The molecule has 8 aliphatic rings. The van der Waals surface area contributed by atoms with E-state index in [-0.39, 0.29) is 81.9 Å². The van der Waals surface area contributed by atoms with Crippen molar-refractivity contribution >= 4 is 66.0 Å². The van der Waals surface area contributed by atoms with E-state index >= 15 is 0 Å². The molecule has 4 atom stereocenters. The maximum atomic E-state index is 13.6. The maximum Gasteiger partial charge on any atom is 0.343 e. The summed E-state index contributed by atoms with van der Waals surface area (Å²) in [7, 11) is -2.14. The molecule has 6 aliphatic carbocycles. The Hall–Kier alpha value is -8.54. The van der Waals surface area contributed by atoms with Crippen molar-refractivity contribution in [1.82, 2.24) is 39.8 Å². The topological polar surface area (TPSA) is 265 Å². The lowest BCUT2D eigenvalue weighted by molar-refractivity contribution is -0.193. The number of aromatic hydroxyl groups is 2. The fraction of sp³-hybridized carbons (Fsp3) is 0.532. The van der Waals surface area contributed by atoms with Crippen LogP contribution in [0.3, 0.4) is 0 Å². The van der Waals surface area contributed by atoms with E-state index in [2.05, 4.69) is 101 Å². The van der Waals surface area contributed by atoms with Gasteiger partial charge in [0.05, 0.1) is 23.2 Å². The average Bonchev–Trinajstić information content (AvgIpc) is 1.22. The Labute approximate surface area is 677 Å². The third-order valence-electron chi connectivity index (χ3n) is 27.9. The second kappa shape index (κ2) is 34.6. The van der Waals surface area contributed by atoms with Gasteiger partial charge in [-0.2, -0.15) is 0 Å². The Bertz CT molecular complexity index is 4830. The number of carbonyl (C=O) groups is 4. The number of ether oxygens (including phenoxy) is 2. The first kappa shape index (κ1) is 81.6. The molecule has 115 heavy (non-hydrogen) atoms. The number of aliphatic hydroxyl groups excluding tert-OH is 1. The summed E-state index contributed by atoms with van der Waals surface area (Å²) in [5.41, 5.74) is 9.67. The molecule has 2 saturated heterocycles. The first-order valence-corrected chi connectivity index (χ1v) is 45.8. The number of allylic oxidation sites excluding steroid dienone is 2. The third-order valence-corrected chi connectivity index (χ3v) is 32.4. The zero-order valence-electron chi connectivity index (χ0n) is 68.0. The van der Waals surface area contributed by atoms with Crippen molar-refractivity contribution in [2.24, 2.45) is 22.7 Å². The molecule has 0 amide bonds. The number of aromatic nitrogens is 6. The van der Waals surface area contributed by atoms with Gasteiger partial charge in [0.2, 0.25) is 0 Å². The smallest absolute Gasteiger partial charge is 0.343 e. The largest absolute Gasteiger partial charge is 0.508 e. The number of likely N-dealkylation sites (tertiary alicyclic amines) is 2. The van der Waals surface area contributed by atoms with E-state index in [0.29, 0.717) is 28.7 Å². The Balaban J connectivity index is 0.000000182. The van der Waals surface area contributed by atoms with Gasteiger partial charge in [0.25, 0.3) is 0 Å². The molecule has 4 saturated carbocycles. The van der Waals surface area contributed by atoms with Crippen molar-refractivity contribution < 1.29 is 58.6 Å². The molecule has 5 N–H and O–H groups in total. The summed E-state index contributed by atoms with van der Waals surface area (Å²) in [6.07, 6.45) is 28.3. The number of phenols is 2. The standard InChI is InChI=1S/C50H66N4O6Si.C44H52N4O6/c1-48(2,3)61(4,5)60-46(41-22-24-45(56)42-32-38(55)20-21-40(41)42)18-11-13-35-19-23-44-43(31-35)51-52-54(44)28-12-27-53-29-25-49(26-30-53)33-39(34-49)59-47(57)50(58,37-16-9-10-17-37)36-14-7-6-8-15-36;49-33-15-16-35-36(17-19-41(51)37(35)27-33)40(50)13-6-8-30-14-18-39-38(26-30)45-46-48(39)23-7-22-47-24-20-43(21-25-47)28-34(29-43)54-42(52)44(53,32-11-4-5-12-32)31-9-2-1-3-10-31/h6-8,14-15,19-24,31,37,39,46,56,58H,9-13,16-18,25-30,32-34H2,1-5H3;1-3,9-10,14-19,26,32,34,40,50-51,53H,4-8,11-13,20-25,27-29H2/t46-,50?;40-,44?/m00/s1. The third kappa shape index (κ3) is 17.9. The molecule has 2 aliphatic heterocycles. The second-order valence-electron chi connectivity index (χ2n) is 36.5. The maximum absolute atomic E-state index is 13.6. The number of rotatable bonds is 28. The average molecular weight is 1580 g/mol. The predicted molar refractivity (Wildman–Crippen MR) is 447 cm³/mol. The van der Waals surface area contributed by atoms with Crippen molar-refractivity contribution in [2.75, 3.05) is 39.3 Å². The van der Waals surface area contributed by atoms with Crippen LogP contribution < -0.4 is 0 Å². The van der Waals surface area contributed by atoms with Gasteiger partial charge in [0, 0.05) is 48.9 Å². The predicted octanol–water partition coefficient (Wildman–Crippen LogP) is 16.2. The Morgan fingerprint density at radius 3 is 1.38 bits per heavy atom. The minimum absolute atomic E-state index is 0.00432. The van der Waals surface area contributed by atoms with Crippen molar-refractivity contribution in [3.63, 3.8) is 0 Å². The van der Waals surface area contributed by atoms with E-state index in [9.17, 15) is 44.7 Å². The molecular formula is C94H118N8O12Si. The van der Waals surface area contributed by atoms with E-state index < -0.39 is 37.6 Å². The van der Waals surface area contributed by atoms with Crippen LogP contribution in [0.15, 0.2) is 133 Å². The zero-order chi connectivity index (χ0) is 80.3. The van der Waals surface area contributed by atoms with E-state index in [1.807, 2.05) is 82.2 Å². The number of carbonyl (C=O) groups excluding carboxylic acids is 4. The van der Waals surface area contributed by atoms with E-state index in [0.717, 1.165) is 250 Å². The van der Waals surface area contributed by atoms with Gasteiger partial charge in [-0.3, -0.25) is 9.59 Å². The monoisotopic (exact) mass is 1580 g/mol. The van der Waals surface area contributed by atoms with Gasteiger partial charge >= 0.3 is 11.9 Å². The Morgan fingerprint density at radius 2 is 0.948 bits per heavy atom. The summed E-state index contributed by atoms with van der Waals surface area (Å²) in [6, 6.07) is 38.7. The number of fused-ring (bicyclic) bond motifs is 4. The van der Waals surface area contributed by atoms with E-state index in [1.54, 1.807) is 30.4 Å². The van der Waals surface area contributed by atoms with Crippen LogP contribution in [-0.4, -0.2) is 149 Å². The minimum atomic E-state index is -2.14. The quantitative estimate of drug-likeness (QED) is 0.0225. The molecule has 0 bridgehead atoms. The Kier molecular flexibility index (Phi) is 24.5. The van der Waals surface area contributed by atoms with Gasteiger partial charge in [0.15, 0.2) is 31.1 Å². The fourth-order valence-electron chi connectivity index (χ4n) is 19.9. The highest BCUT2D eigenvalue weighted by atomic mass is 28.4. The molecule has 2 spiro atoms. The number of hydrogen-bond donors (Lipinski definition) is 5. The van der Waals surface area contributed by atoms with Crippen molar-refractivity contribution in [3.8, 4) is 11.5 Å². The highest BCUT2D eigenvalue weighted by Crippen LogP contribution is 2.54. The summed E-state index contributed by atoms with van der Waals surface area (Å²) < 4.78 is 23.2. The molecule has 8 aromatic rings. The van der Waals surface area contributed by atoms with Gasteiger partial charge in [-0.1, -0.05) is 154 Å². The number of aryl methyl sites for hydroxylation is 4. The molecule has 4 heterocycles. The molecule has 610 valence electrons. The van der Waals surface area contributed by atoms with Crippen LogP contribution in [0.25, 0.3) is 34.2 Å². The van der Waals surface area contributed by atoms with Gasteiger partial charge in [-0.15, -0.1) is 10.2 Å². The molecule has 2 unspecified atom stereocenters. The van der Waals surface area contributed by atoms with Crippen LogP contribution in [0.4, 0.5) is 0 Å². The van der Waals surface area contributed by atoms with Crippen LogP contribution in [0, 0.1) is 22.7 Å². The summed E-state index contributed by atoms with van der Waals surface area (Å²) >= 11 is 0. The molecule has 6 fully saturated rings. The highest BCUT2D eigenvalue weighted by molar-refractivity contribution is 6.74. The lowest BCUT2D eigenvalue weighted by Gasteiger charge is -2.52. The van der Waals surface area contributed by atoms with Crippen molar-refractivity contribution in [1.29, 1.82) is 0 Å². The first-order chi connectivity index (χ1) is 55.3. The first-order valence-electron chi connectivity index (χ1n) is 42.9. The minimum Gasteiger partial charge on any atom is -0.508 e. The summed E-state index contributed by atoms with van der Waals surface area (Å²) in [6.45, 7) is 19.1. The van der Waals surface area contributed by atoms with E-state index in [1.165, 1.54) is 11.6 Å². The molecule has 6 aromatic carbocycles. The van der Waals surface area contributed by atoms with Crippen LogP contribution in [0.1, 0.15) is 230 Å². The molecule has 20 nitrogen and oxygen atoms in total. The second-order valence-corrected chi connectivity index (χ2v) is 41.3. The fourth-order valence-corrected chi connectivity index (χ4v) is 21.2. The SMILES string of the molecule is CC(C)(C)[Si](C)(C)O[C@@H](CCCc1ccc2c(c1)nnn2CCCN1CCC2(CC1)CC(OC(=O)C(O)(c1ccccc1)C1CCCC1)C2)c1ccc(O)c2c1C=CC(=O)C2.O=C1C=Cc2c([C@@H](O)CCCc3ccc4c(c3)nnn4CCCN3CCC4(CC3)CC(OC(=O)C(O)(c3ccccc3)C3CCCC3)C4)ccc(O)c2C1. The van der Waals surface area contributed by atoms with Gasteiger partial charge in [-0.05, 0) is 290 Å². The van der Waals surface area contributed by atoms with Crippen molar-refractivity contribution in [3.05, 3.63) is 189 Å². The summed E-state index contributed by atoms with van der Waals surface area (Å²) in [5.74, 6) is -0.882. The molecule has 21 heteroatoms. The number of hydrogen-bond acceptors (Lipinski definition) is 18. The molecule has 2 aromatic heterocycles. The highest BCUT2D eigenvalue weighted by Gasteiger charge is 2.55. The van der Waals surface area contributed by atoms with Crippen LogP contribution in [-0.2, 0) is 83.1 Å². The molecule has 0 radical (unpaired) electrons. The normalized spacial score (nSPS) is 20.3. The van der Waals surface area contributed by atoms with Gasteiger partial charge in [0.1, 0.15) is 34.7 Å². The number of ketones is 2. The number of aliphatic hydroxyl groups is 3. The molecule has 16 rings (SSSR count). The van der Waals surface area contributed by atoms with Crippen LogP contribution in [0.2, 0.25) is 18.1 Å². The zero-order valence-corrected chi connectivity index (χ0v) is 69.0. The number of esters is 2. The van der Waals surface area contributed by atoms with Crippen LogP contribution >= 0.6 is 0 Å². The number of benzene rings is 6. The molecular weight excluding hydrogens is 1460 g/mol. The Morgan fingerprint density at radius 1 is 0.530 bits per heavy atom. The van der Waals surface area contributed by atoms with Crippen molar-refractivity contribution in [2.45, 2.75) is 255 Å². The van der Waals surface area contributed by atoms with Gasteiger partial charge < -0.3 is 49.2 Å².